The van der Waals surface area contributed by atoms with Crippen LogP contribution in [0.3, 0.4) is 0 Å². The minimum atomic E-state index is 0.114. The summed E-state index contributed by atoms with van der Waals surface area (Å²) >= 11 is 0. The van der Waals surface area contributed by atoms with Crippen LogP contribution in [0.25, 0.3) is 0 Å². The highest BCUT2D eigenvalue weighted by Crippen LogP contribution is 2.38. The van der Waals surface area contributed by atoms with Crippen molar-refractivity contribution in [2.75, 3.05) is 6.61 Å². The Labute approximate surface area is 95.1 Å². The van der Waals surface area contributed by atoms with Crippen molar-refractivity contribution >= 4 is 5.78 Å². The summed E-state index contributed by atoms with van der Waals surface area (Å²) < 4.78 is 5.38. The Hall–Kier alpha value is -1.45. The molecule has 1 aliphatic rings. The van der Waals surface area contributed by atoms with Crippen molar-refractivity contribution in [3.05, 3.63) is 17.6 Å². The van der Waals surface area contributed by atoms with E-state index in [9.17, 15) is 4.79 Å². The molecule has 0 amide bonds. The minimum Gasteiger partial charge on any atom is -0.478 e. The van der Waals surface area contributed by atoms with Gasteiger partial charge in [-0.1, -0.05) is 0 Å². The third-order valence-electron chi connectivity index (χ3n) is 2.44. The number of Topliss-reactive ketones (excluding diaryl/α,β-unsaturated/α-hetero) is 1. The quantitative estimate of drug-likeness (QED) is 0.760. The van der Waals surface area contributed by atoms with Gasteiger partial charge >= 0.3 is 0 Å². The second-order valence-electron chi connectivity index (χ2n) is 4.14. The predicted octanol–water partition coefficient (Wildman–Crippen LogP) is 1.88. The number of nitrogens with zero attached hydrogens (tertiary/aromatic N) is 2. The maximum atomic E-state index is 11.1. The minimum absolute atomic E-state index is 0.114. The van der Waals surface area contributed by atoms with Gasteiger partial charge in [-0.05, 0) is 26.7 Å². The molecule has 0 bridgehead atoms. The summed E-state index contributed by atoms with van der Waals surface area (Å²) in [4.78, 5) is 19.8. The molecular formula is C12H16N2O2. The monoisotopic (exact) mass is 220 g/mol. The first-order valence-electron chi connectivity index (χ1n) is 5.69. The molecule has 1 aromatic rings. The highest BCUT2D eigenvalue weighted by Gasteiger charge is 2.27. The van der Waals surface area contributed by atoms with E-state index in [1.165, 1.54) is 0 Å². The lowest BCUT2D eigenvalue weighted by Gasteiger charge is -2.06. The van der Waals surface area contributed by atoms with Crippen LogP contribution in [0, 0.1) is 0 Å². The van der Waals surface area contributed by atoms with Gasteiger partial charge in [0, 0.05) is 18.4 Å². The first-order chi connectivity index (χ1) is 7.69. The molecule has 1 heterocycles. The van der Waals surface area contributed by atoms with Gasteiger partial charge in [-0.25, -0.2) is 4.98 Å². The SMILES string of the molecule is CCOc1cc(CC(C)=O)nc(C2CC2)n1. The van der Waals surface area contributed by atoms with Crippen LogP contribution in [-0.4, -0.2) is 22.4 Å². The molecule has 1 saturated carbocycles. The van der Waals surface area contributed by atoms with Crippen LogP contribution < -0.4 is 4.74 Å². The molecule has 0 atom stereocenters. The third kappa shape index (κ3) is 2.78. The zero-order chi connectivity index (χ0) is 11.5. The maximum Gasteiger partial charge on any atom is 0.216 e. The summed E-state index contributed by atoms with van der Waals surface area (Å²) in [5, 5.41) is 0. The Balaban J connectivity index is 2.24. The number of carbonyl (C=O) groups excluding carboxylic acids is 1. The van der Waals surface area contributed by atoms with Gasteiger partial charge in [-0.3, -0.25) is 4.79 Å². The van der Waals surface area contributed by atoms with E-state index in [1.54, 1.807) is 13.0 Å². The van der Waals surface area contributed by atoms with Gasteiger partial charge < -0.3 is 4.74 Å². The van der Waals surface area contributed by atoms with Gasteiger partial charge in [-0.2, -0.15) is 4.98 Å². The molecule has 0 N–H and O–H groups in total. The van der Waals surface area contributed by atoms with Crippen molar-refractivity contribution in [3.8, 4) is 5.88 Å². The molecular weight excluding hydrogens is 204 g/mol. The van der Waals surface area contributed by atoms with Crippen LogP contribution in [0.2, 0.25) is 0 Å². The van der Waals surface area contributed by atoms with Crippen LogP contribution in [0.5, 0.6) is 5.88 Å². The van der Waals surface area contributed by atoms with E-state index >= 15 is 0 Å². The predicted molar refractivity (Wildman–Crippen MR) is 59.6 cm³/mol. The normalized spacial score (nSPS) is 14.9. The van der Waals surface area contributed by atoms with Crippen LogP contribution in [0.4, 0.5) is 0 Å². The molecule has 0 aliphatic heterocycles. The summed E-state index contributed by atoms with van der Waals surface area (Å²) in [5.41, 5.74) is 0.771. The molecule has 1 fully saturated rings. The number of ether oxygens (including phenoxy) is 1. The molecule has 4 heteroatoms. The van der Waals surface area contributed by atoms with E-state index < -0.39 is 0 Å². The Morgan fingerprint density at radius 3 is 2.81 bits per heavy atom. The van der Waals surface area contributed by atoms with Gasteiger partial charge in [-0.15, -0.1) is 0 Å². The van der Waals surface area contributed by atoms with Gasteiger partial charge in [0.1, 0.15) is 11.6 Å². The zero-order valence-corrected chi connectivity index (χ0v) is 9.69. The molecule has 2 rings (SSSR count). The Bertz CT molecular complexity index is 400. The van der Waals surface area contributed by atoms with E-state index in [0.29, 0.717) is 24.8 Å². The summed E-state index contributed by atoms with van der Waals surface area (Å²) in [6.45, 7) is 4.07. The lowest BCUT2D eigenvalue weighted by molar-refractivity contribution is -0.116. The van der Waals surface area contributed by atoms with Crippen LogP contribution in [0.15, 0.2) is 6.07 Å². The lowest BCUT2D eigenvalue weighted by Crippen LogP contribution is -2.06. The first kappa shape index (κ1) is 11.0. The molecule has 0 saturated heterocycles. The van der Waals surface area contributed by atoms with E-state index in [2.05, 4.69) is 9.97 Å². The van der Waals surface area contributed by atoms with E-state index in [-0.39, 0.29) is 5.78 Å². The van der Waals surface area contributed by atoms with Crippen molar-refractivity contribution in [1.29, 1.82) is 0 Å². The average Bonchev–Trinajstić information content (AvgIpc) is 2.99. The molecule has 0 aromatic carbocycles. The topological polar surface area (TPSA) is 52.1 Å². The summed E-state index contributed by atoms with van der Waals surface area (Å²) in [5.74, 6) is 2.02. The second-order valence-corrected chi connectivity index (χ2v) is 4.14. The summed E-state index contributed by atoms with van der Waals surface area (Å²) in [6.07, 6.45) is 2.66. The fourth-order valence-electron chi connectivity index (χ4n) is 1.58. The highest BCUT2D eigenvalue weighted by atomic mass is 16.5. The Morgan fingerprint density at radius 2 is 2.25 bits per heavy atom. The largest absolute Gasteiger partial charge is 0.478 e. The lowest BCUT2D eigenvalue weighted by atomic mass is 10.2. The molecule has 0 spiro atoms. The fraction of sp³-hybridized carbons (Fsp3) is 0.583. The molecule has 86 valence electrons. The Morgan fingerprint density at radius 1 is 1.50 bits per heavy atom. The number of ketones is 1. The number of aromatic nitrogens is 2. The van der Waals surface area contributed by atoms with Crippen LogP contribution >= 0.6 is 0 Å². The molecule has 1 aliphatic carbocycles. The molecule has 1 aromatic heterocycles. The molecule has 16 heavy (non-hydrogen) atoms. The molecule has 4 nitrogen and oxygen atoms in total. The highest BCUT2D eigenvalue weighted by molar-refractivity contribution is 5.77. The van der Waals surface area contributed by atoms with Gasteiger partial charge in [0.15, 0.2) is 0 Å². The first-order valence-corrected chi connectivity index (χ1v) is 5.69. The van der Waals surface area contributed by atoms with E-state index in [0.717, 1.165) is 24.4 Å². The van der Waals surface area contributed by atoms with Crippen LogP contribution in [0.1, 0.15) is 44.1 Å². The smallest absolute Gasteiger partial charge is 0.216 e. The maximum absolute atomic E-state index is 11.1. The third-order valence-corrected chi connectivity index (χ3v) is 2.44. The number of hydrogen-bond donors (Lipinski definition) is 0. The molecule has 0 radical (unpaired) electrons. The van der Waals surface area contributed by atoms with Crippen molar-refractivity contribution in [2.45, 2.75) is 39.0 Å². The standard InChI is InChI=1S/C12H16N2O2/c1-3-16-11-7-10(6-8(2)15)13-12(14-11)9-4-5-9/h7,9H,3-6H2,1-2H3. The summed E-state index contributed by atoms with van der Waals surface area (Å²) in [7, 11) is 0. The zero-order valence-electron chi connectivity index (χ0n) is 9.69. The average molecular weight is 220 g/mol. The van der Waals surface area contributed by atoms with Crippen molar-refractivity contribution in [2.24, 2.45) is 0 Å². The number of rotatable bonds is 5. The van der Waals surface area contributed by atoms with Gasteiger partial charge in [0.05, 0.1) is 12.3 Å². The number of carbonyl (C=O) groups is 1. The van der Waals surface area contributed by atoms with Crippen LogP contribution in [-0.2, 0) is 11.2 Å². The van der Waals surface area contributed by atoms with Gasteiger partial charge in [0.2, 0.25) is 5.88 Å². The fourth-order valence-corrected chi connectivity index (χ4v) is 1.58. The van der Waals surface area contributed by atoms with E-state index in [1.807, 2.05) is 6.92 Å². The Kier molecular flexibility index (Phi) is 3.17. The van der Waals surface area contributed by atoms with Crippen molar-refractivity contribution in [1.82, 2.24) is 9.97 Å². The second kappa shape index (κ2) is 4.60. The van der Waals surface area contributed by atoms with Crippen molar-refractivity contribution < 1.29 is 9.53 Å². The van der Waals surface area contributed by atoms with E-state index in [4.69, 9.17) is 4.74 Å². The molecule has 0 unspecified atom stereocenters. The summed E-state index contributed by atoms with van der Waals surface area (Å²) in [6, 6.07) is 1.76. The van der Waals surface area contributed by atoms with Crippen molar-refractivity contribution in [3.63, 3.8) is 0 Å². The van der Waals surface area contributed by atoms with Gasteiger partial charge in [0.25, 0.3) is 0 Å². The number of hydrogen-bond acceptors (Lipinski definition) is 4.